The molecule has 1 atom stereocenters. The second-order valence-corrected chi connectivity index (χ2v) is 3.86. The molecule has 0 radical (unpaired) electrons. The minimum Gasteiger partial charge on any atom is -0.396 e. The molecule has 1 aromatic carbocycles. The van der Waals surface area contributed by atoms with Gasteiger partial charge in [0.25, 0.3) is 0 Å². The van der Waals surface area contributed by atoms with Crippen LogP contribution in [-0.2, 0) is 7.05 Å². The monoisotopic (exact) mass is 204 g/mol. The summed E-state index contributed by atoms with van der Waals surface area (Å²) >= 11 is 0. The van der Waals surface area contributed by atoms with E-state index in [1.54, 1.807) is 0 Å². The lowest BCUT2D eigenvalue weighted by Gasteiger charge is -2.11. The smallest absolute Gasteiger partial charge is 0.0511 e. The predicted molar refractivity (Wildman–Crippen MR) is 61.8 cm³/mol. The van der Waals surface area contributed by atoms with Crippen LogP contribution in [0.3, 0.4) is 0 Å². The van der Waals surface area contributed by atoms with Gasteiger partial charge >= 0.3 is 0 Å². The standard InChI is InChI=1S/C12H16N2O/c1-14-5-4-10-6-9(2-3-12(10)14)11(7-13)8-15/h2-6,11,15H,7-8,13H2,1H3. The number of nitrogens with two attached hydrogens (primary N) is 1. The summed E-state index contributed by atoms with van der Waals surface area (Å²) in [6, 6.07) is 8.28. The maximum Gasteiger partial charge on any atom is 0.0511 e. The van der Waals surface area contributed by atoms with E-state index >= 15 is 0 Å². The van der Waals surface area contributed by atoms with E-state index in [0.717, 1.165) is 5.56 Å². The van der Waals surface area contributed by atoms with E-state index in [1.165, 1.54) is 10.9 Å². The Morgan fingerprint density at radius 2 is 2.20 bits per heavy atom. The van der Waals surface area contributed by atoms with Crippen LogP contribution in [0, 0.1) is 0 Å². The van der Waals surface area contributed by atoms with Crippen LogP contribution < -0.4 is 5.73 Å². The van der Waals surface area contributed by atoms with Crippen LogP contribution in [0.4, 0.5) is 0 Å². The Balaban J connectivity index is 2.46. The first kappa shape index (κ1) is 10.2. The van der Waals surface area contributed by atoms with Crippen LogP contribution in [0.2, 0.25) is 0 Å². The molecule has 3 nitrogen and oxygen atoms in total. The molecule has 0 amide bonds. The summed E-state index contributed by atoms with van der Waals surface area (Å²) in [7, 11) is 2.02. The minimum atomic E-state index is 0.0506. The van der Waals surface area contributed by atoms with Crippen LogP contribution in [-0.4, -0.2) is 22.8 Å². The van der Waals surface area contributed by atoms with Gasteiger partial charge in [-0.1, -0.05) is 6.07 Å². The number of rotatable bonds is 3. The van der Waals surface area contributed by atoms with Gasteiger partial charge in [-0.15, -0.1) is 0 Å². The summed E-state index contributed by atoms with van der Waals surface area (Å²) in [4.78, 5) is 0. The van der Waals surface area contributed by atoms with Gasteiger partial charge < -0.3 is 15.4 Å². The lowest BCUT2D eigenvalue weighted by molar-refractivity contribution is 0.268. The number of aromatic nitrogens is 1. The van der Waals surface area contributed by atoms with Crippen LogP contribution >= 0.6 is 0 Å². The highest BCUT2D eigenvalue weighted by molar-refractivity contribution is 5.80. The van der Waals surface area contributed by atoms with Gasteiger partial charge in [-0.05, 0) is 29.1 Å². The van der Waals surface area contributed by atoms with E-state index in [-0.39, 0.29) is 12.5 Å². The normalized spacial score (nSPS) is 13.3. The Kier molecular flexibility index (Phi) is 2.75. The molecule has 1 heterocycles. The molecule has 2 rings (SSSR count). The van der Waals surface area contributed by atoms with E-state index in [0.29, 0.717) is 6.54 Å². The molecule has 3 heteroatoms. The Morgan fingerprint density at radius 3 is 2.87 bits per heavy atom. The predicted octanol–water partition coefficient (Wildman–Crippen LogP) is 1.21. The molecule has 3 N–H and O–H groups in total. The number of hydrogen-bond acceptors (Lipinski definition) is 2. The fraction of sp³-hybridized carbons (Fsp3) is 0.333. The van der Waals surface area contributed by atoms with Crippen LogP contribution in [0.15, 0.2) is 30.5 Å². The second kappa shape index (κ2) is 4.04. The summed E-state index contributed by atoms with van der Waals surface area (Å²) < 4.78 is 2.08. The maximum absolute atomic E-state index is 9.17. The molecule has 0 saturated carbocycles. The number of benzene rings is 1. The molecule has 15 heavy (non-hydrogen) atoms. The molecule has 1 unspecified atom stereocenters. The van der Waals surface area contributed by atoms with Crippen molar-refractivity contribution in [2.24, 2.45) is 12.8 Å². The topological polar surface area (TPSA) is 51.2 Å². The van der Waals surface area contributed by atoms with Gasteiger partial charge in [-0.3, -0.25) is 0 Å². The lowest BCUT2D eigenvalue weighted by Crippen LogP contribution is -2.15. The lowest BCUT2D eigenvalue weighted by atomic mass is 9.99. The number of aliphatic hydroxyl groups is 1. The number of aryl methyl sites for hydroxylation is 1. The first-order chi connectivity index (χ1) is 7.26. The molecule has 0 bridgehead atoms. The Bertz CT molecular complexity index is 458. The van der Waals surface area contributed by atoms with Crippen molar-refractivity contribution in [3.05, 3.63) is 36.0 Å². The first-order valence-electron chi connectivity index (χ1n) is 5.12. The van der Waals surface area contributed by atoms with Crippen molar-refractivity contribution in [2.75, 3.05) is 13.2 Å². The van der Waals surface area contributed by atoms with E-state index in [1.807, 2.05) is 19.3 Å². The van der Waals surface area contributed by atoms with Gasteiger partial charge in [0.05, 0.1) is 6.61 Å². The molecule has 0 aliphatic carbocycles. The van der Waals surface area contributed by atoms with E-state index in [2.05, 4.69) is 22.8 Å². The van der Waals surface area contributed by atoms with Crippen molar-refractivity contribution in [3.63, 3.8) is 0 Å². The molecule has 0 saturated heterocycles. The molecule has 0 fully saturated rings. The Labute approximate surface area is 89.1 Å². The fourth-order valence-corrected chi connectivity index (χ4v) is 1.87. The zero-order chi connectivity index (χ0) is 10.8. The SMILES string of the molecule is Cn1ccc2cc(C(CN)CO)ccc21. The zero-order valence-electron chi connectivity index (χ0n) is 8.85. The maximum atomic E-state index is 9.17. The van der Waals surface area contributed by atoms with Crippen LogP contribution in [0.1, 0.15) is 11.5 Å². The van der Waals surface area contributed by atoms with Crippen LogP contribution in [0.5, 0.6) is 0 Å². The first-order valence-corrected chi connectivity index (χ1v) is 5.12. The van der Waals surface area contributed by atoms with E-state index in [9.17, 15) is 5.11 Å². The second-order valence-electron chi connectivity index (χ2n) is 3.86. The number of fused-ring (bicyclic) bond motifs is 1. The highest BCUT2D eigenvalue weighted by Crippen LogP contribution is 2.21. The van der Waals surface area contributed by atoms with Gasteiger partial charge in [0.1, 0.15) is 0 Å². The van der Waals surface area contributed by atoms with Crippen molar-refractivity contribution in [3.8, 4) is 0 Å². The van der Waals surface area contributed by atoms with Crippen molar-refractivity contribution >= 4 is 10.9 Å². The molecule has 0 aliphatic rings. The third-order valence-corrected chi connectivity index (χ3v) is 2.89. The van der Waals surface area contributed by atoms with Gasteiger partial charge in [0, 0.05) is 31.2 Å². The van der Waals surface area contributed by atoms with Crippen molar-refractivity contribution in [2.45, 2.75) is 5.92 Å². The van der Waals surface area contributed by atoms with E-state index < -0.39 is 0 Å². The quantitative estimate of drug-likeness (QED) is 0.789. The van der Waals surface area contributed by atoms with Crippen molar-refractivity contribution in [1.29, 1.82) is 0 Å². The Morgan fingerprint density at radius 1 is 1.40 bits per heavy atom. The van der Waals surface area contributed by atoms with Gasteiger partial charge in [0.15, 0.2) is 0 Å². The molecule has 0 aliphatic heterocycles. The third kappa shape index (κ3) is 1.76. The van der Waals surface area contributed by atoms with Gasteiger partial charge in [-0.2, -0.15) is 0 Å². The van der Waals surface area contributed by atoms with Gasteiger partial charge in [0.2, 0.25) is 0 Å². The average Bonchev–Trinajstić information content (AvgIpc) is 2.62. The molecule has 1 aromatic heterocycles. The molecule has 2 aromatic rings. The number of hydrogen-bond donors (Lipinski definition) is 2. The third-order valence-electron chi connectivity index (χ3n) is 2.89. The highest BCUT2D eigenvalue weighted by Gasteiger charge is 2.09. The Hall–Kier alpha value is -1.32. The summed E-state index contributed by atoms with van der Waals surface area (Å²) in [5, 5.41) is 10.4. The summed E-state index contributed by atoms with van der Waals surface area (Å²) in [6.45, 7) is 0.587. The number of nitrogens with zero attached hydrogens (tertiary/aromatic N) is 1. The minimum absolute atomic E-state index is 0.0506. The number of aliphatic hydroxyl groups excluding tert-OH is 1. The molecular weight excluding hydrogens is 188 g/mol. The molecule has 80 valence electrons. The van der Waals surface area contributed by atoms with Crippen LogP contribution in [0.25, 0.3) is 10.9 Å². The average molecular weight is 204 g/mol. The molecular formula is C12H16N2O. The largest absolute Gasteiger partial charge is 0.396 e. The summed E-state index contributed by atoms with van der Waals surface area (Å²) in [5.74, 6) is 0.0506. The zero-order valence-corrected chi connectivity index (χ0v) is 8.85. The highest BCUT2D eigenvalue weighted by atomic mass is 16.3. The summed E-state index contributed by atoms with van der Waals surface area (Å²) in [5.41, 5.74) is 7.91. The summed E-state index contributed by atoms with van der Waals surface area (Å²) in [6.07, 6.45) is 2.03. The van der Waals surface area contributed by atoms with E-state index in [4.69, 9.17) is 5.73 Å². The fourth-order valence-electron chi connectivity index (χ4n) is 1.87. The van der Waals surface area contributed by atoms with Crippen molar-refractivity contribution < 1.29 is 5.11 Å². The van der Waals surface area contributed by atoms with Gasteiger partial charge in [-0.25, -0.2) is 0 Å². The van der Waals surface area contributed by atoms with Crippen molar-refractivity contribution in [1.82, 2.24) is 4.57 Å². The molecule has 0 spiro atoms.